The van der Waals surface area contributed by atoms with Crippen LogP contribution in [-0.4, -0.2) is 123 Å². The van der Waals surface area contributed by atoms with Crippen molar-refractivity contribution in [1.29, 1.82) is 0 Å². The van der Waals surface area contributed by atoms with E-state index in [-0.39, 0.29) is 17.7 Å². The fourth-order valence-electron chi connectivity index (χ4n) is 5.18. The van der Waals surface area contributed by atoms with Crippen LogP contribution in [0.15, 0.2) is 0 Å². The van der Waals surface area contributed by atoms with Crippen molar-refractivity contribution in [3.8, 4) is 0 Å². The fourth-order valence-corrected chi connectivity index (χ4v) is 8.02. The summed E-state index contributed by atoms with van der Waals surface area (Å²) in [4.78, 5) is 73.8. The van der Waals surface area contributed by atoms with Crippen LogP contribution in [-0.2, 0) is 75.8 Å². The summed E-state index contributed by atoms with van der Waals surface area (Å²) in [5, 5.41) is -1.27. The minimum absolute atomic E-state index is 0.298. The highest BCUT2D eigenvalue weighted by molar-refractivity contribution is 8.00. The third kappa shape index (κ3) is 13.3. The number of carbonyl (C=O) groups excluding carboxylic acids is 6. The Labute approximate surface area is 304 Å². The number of hydrogen-bond acceptors (Lipinski definition) is 17. The predicted molar refractivity (Wildman–Crippen MR) is 182 cm³/mol. The molecule has 2 heterocycles. The molecule has 0 spiro atoms. The van der Waals surface area contributed by atoms with E-state index in [0.29, 0.717) is 0 Å². The SMILES string of the molecule is CC(=O)OCC1O[C@@H](S[C@@H]2C(COC(C)=O)O[C@H](OC(C)C)C(O[Si](C)(C)C(C)(C)C)C2OC(C)=O)C(OC(C)=O)C(OC(C)=O)[C@@H]1OC(C)=O. The third-order valence-corrected chi connectivity index (χ3v) is 14.2. The van der Waals surface area contributed by atoms with Crippen LogP contribution in [0.2, 0.25) is 18.1 Å². The highest BCUT2D eigenvalue weighted by atomic mass is 32.2. The molecule has 18 heteroatoms. The van der Waals surface area contributed by atoms with E-state index in [1.807, 2.05) is 33.9 Å². The predicted octanol–water partition coefficient (Wildman–Crippen LogP) is 3.21. The summed E-state index contributed by atoms with van der Waals surface area (Å²) in [5.74, 6) is -4.31. The Hall–Kier alpha value is -2.77. The molecule has 16 nitrogen and oxygen atoms in total. The maximum atomic E-state index is 12.8. The van der Waals surface area contributed by atoms with Crippen molar-refractivity contribution in [2.45, 2.75) is 160 Å². The molecule has 292 valence electrons. The molecule has 0 bridgehead atoms. The Morgan fingerprint density at radius 3 is 1.53 bits per heavy atom. The van der Waals surface area contributed by atoms with Gasteiger partial charge in [0.15, 0.2) is 32.9 Å². The first kappa shape index (κ1) is 44.4. The van der Waals surface area contributed by atoms with E-state index in [9.17, 15) is 28.8 Å². The van der Waals surface area contributed by atoms with E-state index in [1.165, 1.54) is 20.8 Å². The molecule has 6 unspecified atom stereocenters. The second-order valence-electron chi connectivity index (χ2n) is 14.1. The van der Waals surface area contributed by atoms with E-state index in [0.717, 1.165) is 32.5 Å². The molecule has 0 aromatic rings. The lowest BCUT2D eigenvalue weighted by atomic mass is 9.99. The second-order valence-corrected chi connectivity index (χ2v) is 20.2. The standard InChI is InChI=1S/C33H54O16SSi/c1-16(2)42-31-28(49-51(12,13)33(9,10)11)27(45-21(7)38)30(24(47-31)15-41-18(4)35)50-32-29(46-22(8)39)26(44-20(6)37)25(43-19(5)36)23(48-32)14-40-17(3)34/h16,23-32H,14-15H2,1-13H3/t23?,24?,25-,26?,27?,28?,29?,30-,31+,32+/m1/s1. The summed E-state index contributed by atoms with van der Waals surface area (Å²) >= 11 is 0.964. The average Bonchev–Trinajstić information content (AvgIpc) is 2.95. The molecule has 2 aliphatic heterocycles. The maximum absolute atomic E-state index is 12.8. The average molecular weight is 767 g/mol. The lowest BCUT2D eigenvalue weighted by Crippen LogP contribution is -2.65. The van der Waals surface area contributed by atoms with Crippen molar-refractivity contribution in [2.24, 2.45) is 0 Å². The van der Waals surface area contributed by atoms with E-state index in [1.54, 1.807) is 13.8 Å². The van der Waals surface area contributed by atoms with Gasteiger partial charge in [-0.25, -0.2) is 0 Å². The molecule has 0 aromatic heterocycles. The zero-order valence-corrected chi connectivity index (χ0v) is 33.5. The van der Waals surface area contributed by atoms with Gasteiger partial charge in [0, 0.05) is 41.5 Å². The number of hydrogen-bond donors (Lipinski definition) is 0. The van der Waals surface area contributed by atoms with Gasteiger partial charge in [0.1, 0.15) is 43.1 Å². The van der Waals surface area contributed by atoms with Crippen molar-refractivity contribution in [3.63, 3.8) is 0 Å². The van der Waals surface area contributed by atoms with Gasteiger partial charge in [-0.3, -0.25) is 28.8 Å². The number of thioether (sulfide) groups is 1. The molecule has 2 fully saturated rings. The quantitative estimate of drug-likeness (QED) is 0.142. The van der Waals surface area contributed by atoms with Gasteiger partial charge in [-0.1, -0.05) is 20.8 Å². The molecule has 0 saturated carbocycles. The topological polar surface area (TPSA) is 195 Å². The normalized spacial score (nSPS) is 29.8. The number of ether oxygens (including phenoxy) is 9. The molecule has 2 aliphatic rings. The summed E-state index contributed by atoms with van der Waals surface area (Å²) in [5.41, 5.74) is -1.27. The first-order valence-corrected chi connectivity index (χ1v) is 20.5. The van der Waals surface area contributed by atoms with Crippen molar-refractivity contribution in [3.05, 3.63) is 0 Å². The van der Waals surface area contributed by atoms with Crippen LogP contribution in [0, 0.1) is 0 Å². The van der Waals surface area contributed by atoms with Gasteiger partial charge < -0.3 is 47.1 Å². The van der Waals surface area contributed by atoms with Gasteiger partial charge in [0.05, 0.1) is 11.4 Å². The fraction of sp³-hybridized carbons (Fsp3) is 0.818. The lowest BCUT2D eigenvalue weighted by Gasteiger charge is -2.51. The smallest absolute Gasteiger partial charge is 0.303 e. The summed E-state index contributed by atoms with van der Waals surface area (Å²) in [6.45, 7) is 20.0. The molecular formula is C33H54O16SSi. The molecule has 0 aromatic carbocycles. The van der Waals surface area contributed by atoms with E-state index >= 15 is 0 Å². The zero-order valence-electron chi connectivity index (χ0n) is 31.7. The summed E-state index contributed by atoms with van der Waals surface area (Å²) in [6, 6.07) is 0. The van der Waals surface area contributed by atoms with Crippen LogP contribution in [0.4, 0.5) is 0 Å². The van der Waals surface area contributed by atoms with Crippen molar-refractivity contribution < 1.29 is 75.8 Å². The summed E-state index contributed by atoms with van der Waals surface area (Å²) in [6.07, 6.45) is -10.1. The van der Waals surface area contributed by atoms with Gasteiger partial charge in [0.2, 0.25) is 0 Å². The number of carbonyl (C=O) groups is 6. The van der Waals surface area contributed by atoms with Crippen LogP contribution in [0.25, 0.3) is 0 Å². The van der Waals surface area contributed by atoms with Crippen LogP contribution in [0.3, 0.4) is 0 Å². The van der Waals surface area contributed by atoms with Crippen molar-refractivity contribution in [2.75, 3.05) is 13.2 Å². The van der Waals surface area contributed by atoms with Crippen LogP contribution >= 0.6 is 11.8 Å². The van der Waals surface area contributed by atoms with Crippen LogP contribution in [0.1, 0.15) is 76.2 Å². The maximum Gasteiger partial charge on any atom is 0.303 e. The third-order valence-electron chi connectivity index (χ3n) is 8.23. The Bertz CT molecular complexity index is 1250. The molecular weight excluding hydrogens is 713 g/mol. The van der Waals surface area contributed by atoms with Gasteiger partial charge in [0.25, 0.3) is 0 Å². The molecule has 2 rings (SSSR count). The molecule has 51 heavy (non-hydrogen) atoms. The lowest BCUT2D eigenvalue weighted by molar-refractivity contribution is -0.278. The summed E-state index contributed by atoms with van der Waals surface area (Å²) < 4.78 is 59.3. The number of esters is 6. The molecule has 2 saturated heterocycles. The van der Waals surface area contributed by atoms with E-state index < -0.39 is 110 Å². The Morgan fingerprint density at radius 1 is 0.627 bits per heavy atom. The monoisotopic (exact) mass is 766 g/mol. The Morgan fingerprint density at radius 2 is 1.08 bits per heavy atom. The van der Waals surface area contributed by atoms with Gasteiger partial charge in [-0.2, -0.15) is 0 Å². The Balaban J connectivity index is 2.81. The van der Waals surface area contributed by atoms with Crippen LogP contribution in [0.5, 0.6) is 0 Å². The Kier molecular flexibility index (Phi) is 16.4. The molecule has 0 radical (unpaired) electrons. The minimum atomic E-state index is -2.64. The molecule has 10 atom stereocenters. The van der Waals surface area contributed by atoms with Gasteiger partial charge in [-0.15, -0.1) is 11.8 Å². The van der Waals surface area contributed by atoms with E-state index in [2.05, 4.69) is 0 Å². The molecule has 0 aliphatic carbocycles. The second kappa shape index (κ2) is 18.8. The van der Waals surface area contributed by atoms with Crippen molar-refractivity contribution in [1.82, 2.24) is 0 Å². The number of rotatable bonds is 14. The molecule has 0 N–H and O–H groups in total. The summed E-state index contributed by atoms with van der Waals surface area (Å²) in [7, 11) is -2.64. The highest BCUT2D eigenvalue weighted by Gasteiger charge is 2.58. The first-order chi connectivity index (χ1) is 23.4. The van der Waals surface area contributed by atoms with Gasteiger partial charge >= 0.3 is 35.8 Å². The first-order valence-electron chi connectivity index (χ1n) is 16.7. The minimum Gasteiger partial charge on any atom is -0.463 e. The van der Waals surface area contributed by atoms with Gasteiger partial charge in [-0.05, 0) is 32.0 Å². The van der Waals surface area contributed by atoms with Crippen molar-refractivity contribution >= 4 is 55.9 Å². The highest BCUT2D eigenvalue weighted by Crippen LogP contribution is 2.45. The molecule has 0 amide bonds. The van der Waals surface area contributed by atoms with Crippen LogP contribution < -0.4 is 0 Å². The largest absolute Gasteiger partial charge is 0.463 e. The zero-order chi connectivity index (χ0) is 39.0. The van der Waals surface area contributed by atoms with E-state index in [4.69, 9.17) is 47.1 Å².